The van der Waals surface area contributed by atoms with Gasteiger partial charge in [0.1, 0.15) is 0 Å². The third kappa shape index (κ3) is 5.23. The number of hydrogen-bond acceptors (Lipinski definition) is 1. The minimum Gasteiger partial charge on any atom is -0.322 e. The molecule has 0 aromatic carbocycles. The molecule has 0 radical (unpaired) electrons. The van der Waals surface area contributed by atoms with E-state index >= 15 is 0 Å². The van der Waals surface area contributed by atoms with Gasteiger partial charge in [0.05, 0.1) is 0 Å². The maximum atomic E-state index is 6.15. The Hall–Kier alpha value is -0.560. The second-order valence-corrected chi connectivity index (χ2v) is 4.56. The summed E-state index contributed by atoms with van der Waals surface area (Å²) >= 11 is 0. The van der Waals surface area contributed by atoms with Crippen molar-refractivity contribution in [3.05, 3.63) is 24.3 Å². The van der Waals surface area contributed by atoms with Gasteiger partial charge in [-0.3, -0.25) is 0 Å². The maximum absolute atomic E-state index is 6.15. The zero-order valence-electron chi connectivity index (χ0n) is 9.34. The monoisotopic (exact) mass is 193 g/mol. The predicted octanol–water partition coefficient (Wildman–Crippen LogP) is 3.56. The highest BCUT2D eigenvalue weighted by atomic mass is 14.7. The fourth-order valence-corrected chi connectivity index (χ4v) is 1.81. The van der Waals surface area contributed by atoms with Crippen LogP contribution >= 0.6 is 0 Å². The van der Waals surface area contributed by atoms with Crippen LogP contribution in [-0.2, 0) is 0 Å². The molecule has 1 heteroatoms. The van der Waals surface area contributed by atoms with E-state index in [1.165, 1.54) is 25.7 Å². The molecule has 1 unspecified atom stereocenters. The third-order valence-electron chi connectivity index (χ3n) is 2.75. The van der Waals surface area contributed by atoms with Crippen LogP contribution in [0.3, 0.4) is 0 Å². The van der Waals surface area contributed by atoms with Crippen molar-refractivity contribution >= 4 is 0 Å². The van der Waals surface area contributed by atoms with Crippen LogP contribution in [0.2, 0.25) is 0 Å². The van der Waals surface area contributed by atoms with E-state index in [-0.39, 0.29) is 5.54 Å². The lowest BCUT2D eigenvalue weighted by Gasteiger charge is -2.20. The lowest BCUT2D eigenvalue weighted by atomic mass is 9.94. The number of hydrogen-bond donors (Lipinski definition) is 1. The normalized spacial score (nSPS) is 35.3. The molecule has 1 aliphatic rings. The van der Waals surface area contributed by atoms with E-state index in [4.69, 9.17) is 5.73 Å². The Bertz CT molecular complexity index is 201. The third-order valence-corrected chi connectivity index (χ3v) is 2.75. The van der Waals surface area contributed by atoms with Gasteiger partial charge in [-0.05, 0) is 39.0 Å². The van der Waals surface area contributed by atoms with Crippen LogP contribution in [-0.4, -0.2) is 5.54 Å². The van der Waals surface area contributed by atoms with Gasteiger partial charge in [0.15, 0.2) is 0 Å². The minimum absolute atomic E-state index is 0.0804. The highest BCUT2D eigenvalue weighted by Crippen LogP contribution is 2.15. The Kier molecular flexibility index (Phi) is 4.95. The quantitative estimate of drug-likeness (QED) is 0.585. The van der Waals surface area contributed by atoms with E-state index in [0.29, 0.717) is 0 Å². The number of allylic oxidation sites excluding steroid dienone is 3. The zero-order chi connectivity index (χ0) is 10.3. The van der Waals surface area contributed by atoms with Crippen LogP contribution in [0.4, 0.5) is 0 Å². The van der Waals surface area contributed by atoms with Gasteiger partial charge in [0.25, 0.3) is 0 Å². The van der Waals surface area contributed by atoms with Crippen molar-refractivity contribution in [3.8, 4) is 0 Å². The summed E-state index contributed by atoms with van der Waals surface area (Å²) in [7, 11) is 0. The molecule has 0 heterocycles. The summed E-state index contributed by atoms with van der Waals surface area (Å²) in [5.41, 5.74) is 6.07. The lowest BCUT2D eigenvalue weighted by Crippen LogP contribution is -2.33. The Balaban J connectivity index is 2.44. The molecule has 0 saturated carbocycles. The van der Waals surface area contributed by atoms with Gasteiger partial charge in [-0.1, -0.05) is 37.1 Å². The topological polar surface area (TPSA) is 26.0 Å². The van der Waals surface area contributed by atoms with Crippen LogP contribution in [0, 0.1) is 0 Å². The molecule has 0 amide bonds. The van der Waals surface area contributed by atoms with E-state index in [1.807, 2.05) is 0 Å². The molecule has 0 bridgehead atoms. The minimum atomic E-state index is -0.0804. The average Bonchev–Trinajstić information content (AvgIpc) is 2.11. The first kappa shape index (κ1) is 11.5. The molecule has 1 rings (SSSR count). The van der Waals surface area contributed by atoms with E-state index < -0.39 is 0 Å². The molecule has 80 valence electrons. The Morgan fingerprint density at radius 1 is 0.929 bits per heavy atom. The van der Waals surface area contributed by atoms with Crippen LogP contribution in [0.5, 0.6) is 0 Å². The summed E-state index contributed by atoms with van der Waals surface area (Å²) in [6.07, 6.45) is 17.5. The van der Waals surface area contributed by atoms with Crippen molar-refractivity contribution in [2.24, 2.45) is 5.73 Å². The molecular formula is C13H23N. The van der Waals surface area contributed by atoms with Crippen molar-refractivity contribution in [3.63, 3.8) is 0 Å². The molecule has 1 atom stereocenters. The predicted molar refractivity (Wildman–Crippen MR) is 63.2 cm³/mol. The van der Waals surface area contributed by atoms with Crippen LogP contribution in [0.15, 0.2) is 24.3 Å². The number of rotatable bonds is 0. The summed E-state index contributed by atoms with van der Waals surface area (Å²) in [5.74, 6) is 0. The Morgan fingerprint density at radius 3 is 2.50 bits per heavy atom. The highest BCUT2D eigenvalue weighted by Gasteiger charge is 2.12. The molecule has 0 aromatic heterocycles. The second-order valence-electron chi connectivity index (χ2n) is 4.56. The summed E-state index contributed by atoms with van der Waals surface area (Å²) in [6.45, 7) is 2.13. The maximum Gasteiger partial charge on any atom is 0.0310 e. The standard InChI is InChI=1S/C13H23N/c1-13(14)11-9-7-5-3-2-4-6-8-10-12-13/h2-3,9,11H,4-8,10,12,14H2,1H3/b3-2-,11-9-. The molecule has 0 fully saturated rings. The van der Waals surface area contributed by atoms with Gasteiger partial charge in [-0.2, -0.15) is 0 Å². The summed E-state index contributed by atoms with van der Waals surface area (Å²) in [6, 6.07) is 0. The van der Waals surface area contributed by atoms with Gasteiger partial charge in [0.2, 0.25) is 0 Å². The zero-order valence-corrected chi connectivity index (χ0v) is 9.34. The fraction of sp³-hybridized carbons (Fsp3) is 0.692. The molecule has 0 spiro atoms. The van der Waals surface area contributed by atoms with Gasteiger partial charge < -0.3 is 5.73 Å². The van der Waals surface area contributed by atoms with Gasteiger partial charge in [0, 0.05) is 5.54 Å². The van der Waals surface area contributed by atoms with E-state index in [0.717, 1.165) is 19.3 Å². The molecule has 0 aromatic rings. The van der Waals surface area contributed by atoms with Crippen molar-refractivity contribution in [2.45, 2.75) is 57.4 Å². The fourth-order valence-electron chi connectivity index (χ4n) is 1.81. The first-order chi connectivity index (χ1) is 6.71. The van der Waals surface area contributed by atoms with Crippen LogP contribution < -0.4 is 5.73 Å². The van der Waals surface area contributed by atoms with Crippen molar-refractivity contribution in [1.82, 2.24) is 0 Å². The van der Waals surface area contributed by atoms with Gasteiger partial charge in [-0.15, -0.1) is 0 Å². The molecule has 1 aliphatic carbocycles. The van der Waals surface area contributed by atoms with E-state index in [1.54, 1.807) is 0 Å². The van der Waals surface area contributed by atoms with E-state index in [9.17, 15) is 0 Å². The van der Waals surface area contributed by atoms with Crippen molar-refractivity contribution in [2.75, 3.05) is 0 Å². The van der Waals surface area contributed by atoms with Crippen LogP contribution in [0.25, 0.3) is 0 Å². The molecule has 14 heavy (non-hydrogen) atoms. The first-order valence-corrected chi connectivity index (χ1v) is 5.82. The summed E-state index contributed by atoms with van der Waals surface area (Å²) in [4.78, 5) is 0. The smallest absolute Gasteiger partial charge is 0.0310 e. The number of nitrogens with two attached hydrogens (primary N) is 1. The molecule has 1 nitrogen and oxygen atoms in total. The molecule has 0 saturated heterocycles. The molecule has 0 aliphatic heterocycles. The molecule has 2 N–H and O–H groups in total. The summed E-state index contributed by atoms with van der Waals surface area (Å²) in [5, 5.41) is 0. The van der Waals surface area contributed by atoms with Crippen molar-refractivity contribution < 1.29 is 0 Å². The first-order valence-electron chi connectivity index (χ1n) is 5.82. The SMILES string of the molecule is CC1(N)/C=C\CC/C=C\CCCCC1. The largest absolute Gasteiger partial charge is 0.322 e. The highest BCUT2D eigenvalue weighted by molar-refractivity contribution is 5.02. The van der Waals surface area contributed by atoms with Gasteiger partial charge in [-0.25, -0.2) is 0 Å². The summed E-state index contributed by atoms with van der Waals surface area (Å²) < 4.78 is 0. The van der Waals surface area contributed by atoms with Crippen molar-refractivity contribution in [1.29, 1.82) is 0 Å². The second kappa shape index (κ2) is 6.02. The lowest BCUT2D eigenvalue weighted by molar-refractivity contribution is 0.490. The van der Waals surface area contributed by atoms with Gasteiger partial charge >= 0.3 is 0 Å². The Morgan fingerprint density at radius 2 is 1.64 bits per heavy atom. The molecular weight excluding hydrogens is 170 g/mol. The average molecular weight is 193 g/mol. The Labute approximate surface area is 88.1 Å². The van der Waals surface area contributed by atoms with Crippen LogP contribution in [0.1, 0.15) is 51.9 Å². The van der Waals surface area contributed by atoms with E-state index in [2.05, 4.69) is 31.2 Å².